The molecule has 0 aliphatic heterocycles. The number of thioether (sulfide) groups is 1. The van der Waals surface area contributed by atoms with E-state index in [1.165, 1.54) is 11.8 Å². The van der Waals surface area contributed by atoms with Crippen LogP contribution in [-0.4, -0.2) is 36.3 Å². The summed E-state index contributed by atoms with van der Waals surface area (Å²) in [6.45, 7) is 2.40. The Balaban J connectivity index is 2.26. The van der Waals surface area contributed by atoms with Crippen LogP contribution < -0.4 is 9.47 Å². The number of carboxylic acids is 1. The van der Waals surface area contributed by atoms with Crippen molar-refractivity contribution in [3.63, 3.8) is 0 Å². The van der Waals surface area contributed by atoms with Gasteiger partial charge in [-0.15, -0.1) is 11.8 Å². The molecule has 0 amide bonds. The molecule has 0 bridgehead atoms. The van der Waals surface area contributed by atoms with Crippen LogP contribution >= 0.6 is 11.8 Å². The monoisotopic (exact) mass is 374 g/mol. The van der Waals surface area contributed by atoms with Crippen LogP contribution in [-0.2, 0) is 4.79 Å². The molecular weight excluding hydrogens is 352 g/mol. The number of carboxylic acid groups (broad SMARTS) is 1. The van der Waals surface area contributed by atoms with Crippen molar-refractivity contribution in [1.82, 2.24) is 0 Å². The number of carbonyl (C=O) groups excluding carboxylic acids is 1. The van der Waals surface area contributed by atoms with Crippen molar-refractivity contribution in [2.45, 2.75) is 18.6 Å². The molecule has 0 saturated heterocycles. The van der Waals surface area contributed by atoms with E-state index in [2.05, 4.69) is 0 Å². The number of benzene rings is 2. The van der Waals surface area contributed by atoms with Crippen molar-refractivity contribution in [3.8, 4) is 11.5 Å². The zero-order valence-electron chi connectivity index (χ0n) is 14.8. The van der Waals surface area contributed by atoms with Gasteiger partial charge in [0, 0.05) is 17.2 Å². The summed E-state index contributed by atoms with van der Waals surface area (Å²) in [6, 6.07) is 14.5. The summed E-state index contributed by atoms with van der Waals surface area (Å²) in [5, 5.41) is 8.74. The second kappa shape index (κ2) is 9.87. The first-order valence-electron chi connectivity index (χ1n) is 8.27. The second-order valence-electron chi connectivity index (χ2n) is 5.53. The summed E-state index contributed by atoms with van der Waals surface area (Å²) in [7, 11) is 1.55. The fourth-order valence-corrected chi connectivity index (χ4v) is 3.47. The number of ketones is 1. The first-order chi connectivity index (χ1) is 12.5. The lowest BCUT2D eigenvalue weighted by atomic mass is 10.0. The van der Waals surface area contributed by atoms with Crippen LogP contribution in [0.25, 0.3) is 0 Å². The molecule has 0 radical (unpaired) electrons. The van der Waals surface area contributed by atoms with Gasteiger partial charge in [0.25, 0.3) is 0 Å². The summed E-state index contributed by atoms with van der Waals surface area (Å²) in [5.41, 5.74) is 1.45. The van der Waals surface area contributed by atoms with Crippen molar-refractivity contribution >= 4 is 23.5 Å². The maximum atomic E-state index is 12.6. The Morgan fingerprint density at radius 1 is 1.12 bits per heavy atom. The van der Waals surface area contributed by atoms with E-state index in [4.69, 9.17) is 14.6 Å². The van der Waals surface area contributed by atoms with Gasteiger partial charge in [-0.25, -0.2) is 0 Å². The summed E-state index contributed by atoms with van der Waals surface area (Å²) in [6.07, 6.45) is 0.207. The van der Waals surface area contributed by atoms with Crippen molar-refractivity contribution in [2.75, 3.05) is 19.5 Å². The maximum Gasteiger partial charge on any atom is 0.313 e. The highest BCUT2D eigenvalue weighted by Crippen LogP contribution is 2.38. The van der Waals surface area contributed by atoms with Crippen LogP contribution in [0.1, 0.15) is 34.5 Å². The van der Waals surface area contributed by atoms with E-state index in [1.807, 2.05) is 37.3 Å². The van der Waals surface area contributed by atoms with Gasteiger partial charge in [0.15, 0.2) is 17.3 Å². The Morgan fingerprint density at radius 3 is 2.46 bits per heavy atom. The Kier molecular flexibility index (Phi) is 7.53. The predicted octanol–water partition coefficient (Wildman–Crippen LogP) is 4.23. The molecule has 0 aromatic heterocycles. The average Bonchev–Trinajstić information content (AvgIpc) is 2.66. The minimum absolute atomic E-state index is 0.0265. The summed E-state index contributed by atoms with van der Waals surface area (Å²) < 4.78 is 10.9. The SMILES string of the molecule is CCOc1ccc(C(CC(=O)c2ccccc2)SCC(=O)O)cc1OC. The molecule has 2 rings (SSSR count). The Hall–Kier alpha value is -2.47. The van der Waals surface area contributed by atoms with Gasteiger partial charge in [0.1, 0.15) is 0 Å². The molecule has 6 heteroatoms. The molecule has 0 heterocycles. The molecule has 1 N–H and O–H groups in total. The number of ether oxygens (including phenoxy) is 2. The molecule has 26 heavy (non-hydrogen) atoms. The number of carbonyl (C=O) groups is 2. The molecule has 0 aliphatic carbocycles. The molecule has 2 aromatic rings. The van der Waals surface area contributed by atoms with Crippen molar-refractivity contribution < 1.29 is 24.2 Å². The van der Waals surface area contributed by atoms with Gasteiger partial charge in [-0.2, -0.15) is 0 Å². The predicted molar refractivity (Wildman–Crippen MR) is 102 cm³/mol. The zero-order valence-corrected chi connectivity index (χ0v) is 15.6. The van der Waals surface area contributed by atoms with Crippen molar-refractivity contribution in [1.29, 1.82) is 0 Å². The highest BCUT2D eigenvalue weighted by Gasteiger charge is 2.20. The number of rotatable bonds is 10. The Labute approximate surface area is 157 Å². The van der Waals surface area contributed by atoms with Crippen LogP contribution in [0.5, 0.6) is 11.5 Å². The van der Waals surface area contributed by atoms with Gasteiger partial charge in [-0.3, -0.25) is 9.59 Å². The van der Waals surface area contributed by atoms with Gasteiger partial charge in [-0.05, 0) is 24.6 Å². The fraction of sp³-hybridized carbons (Fsp3) is 0.300. The van der Waals surface area contributed by atoms with Gasteiger partial charge < -0.3 is 14.6 Å². The molecule has 0 saturated carbocycles. The molecular formula is C20H22O5S. The lowest BCUT2D eigenvalue weighted by Crippen LogP contribution is -2.09. The van der Waals surface area contributed by atoms with E-state index in [0.717, 1.165) is 5.56 Å². The van der Waals surface area contributed by atoms with Crippen LogP contribution in [0.2, 0.25) is 0 Å². The Morgan fingerprint density at radius 2 is 1.85 bits per heavy atom. The second-order valence-corrected chi connectivity index (χ2v) is 6.72. The molecule has 0 spiro atoms. The lowest BCUT2D eigenvalue weighted by molar-refractivity contribution is -0.133. The topological polar surface area (TPSA) is 72.8 Å². The highest BCUT2D eigenvalue weighted by molar-refractivity contribution is 8.00. The Bertz CT molecular complexity index is 745. The van der Waals surface area contributed by atoms with Crippen molar-refractivity contribution in [2.24, 2.45) is 0 Å². The largest absolute Gasteiger partial charge is 0.493 e. The molecule has 0 fully saturated rings. The van der Waals surface area contributed by atoms with E-state index in [-0.39, 0.29) is 23.2 Å². The first-order valence-corrected chi connectivity index (χ1v) is 9.32. The average molecular weight is 374 g/mol. The third kappa shape index (κ3) is 5.52. The van der Waals surface area contributed by atoms with E-state index in [0.29, 0.717) is 23.7 Å². The molecule has 5 nitrogen and oxygen atoms in total. The minimum Gasteiger partial charge on any atom is -0.493 e. The van der Waals surface area contributed by atoms with E-state index in [9.17, 15) is 9.59 Å². The van der Waals surface area contributed by atoms with Crippen LogP contribution in [0, 0.1) is 0 Å². The highest BCUT2D eigenvalue weighted by atomic mass is 32.2. The minimum atomic E-state index is -0.912. The lowest BCUT2D eigenvalue weighted by Gasteiger charge is -2.18. The number of aliphatic carboxylic acids is 1. The summed E-state index contributed by atoms with van der Waals surface area (Å²) in [4.78, 5) is 23.6. The standard InChI is InChI=1S/C20H22O5S/c1-3-25-17-10-9-15(11-18(17)24-2)19(26-13-20(22)23)12-16(21)14-7-5-4-6-8-14/h4-11,19H,3,12-13H2,1-2H3,(H,22,23). The molecule has 0 aliphatic rings. The fourth-order valence-electron chi connectivity index (χ4n) is 2.51. The number of hydrogen-bond donors (Lipinski definition) is 1. The third-order valence-electron chi connectivity index (χ3n) is 3.73. The number of methoxy groups -OCH3 is 1. The number of Topliss-reactive ketones (excluding diaryl/α,β-unsaturated/α-hetero) is 1. The molecule has 138 valence electrons. The smallest absolute Gasteiger partial charge is 0.313 e. The van der Waals surface area contributed by atoms with Crippen LogP contribution in [0.4, 0.5) is 0 Å². The van der Waals surface area contributed by atoms with E-state index >= 15 is 0 Å². The van der Waals surface area contributed by atoms with Gasteiger partial charge >= 0.3 is 5.97 Å². The number of hydrogen-bond acceptors (Lipinski definition) is 5. The van der Waals surface area contributed by atoms with Gasteiger partial charge in [-0.1, -0.05) is 36.4 Å². The zero-order chi connectivity index (χ0) is 18.9. The molecule has 2 aromatic carbocycles. The van der Waals surface area contributed by atoms with Crippen molar-refractivity contribution in [3.05, 3.63) is 59.7 Å². The molecule has 1 unspecified atom stereocenters. The van der Waals surface area contributed by atoms with Crippen LogP contribution in [0.3, 0.4) is 0 Å². The third-order valence-corrected chi connectivity index (χ3v) is 4.99. The maximum absolute atomic E-state index is 12.6. The summed E-state index contributed by atoms with van der Waals surface area (Å²) in [5.74, 6) is 0.168. The van der Waals surface area contributed by atoms with E-state index in [1.54, 1.807) is 25.3 Å². The quantitative estimate of drug-likeness (QED) is 0.628. The van der Waals surface area contributed by atoms with Gasteiger partial charge in [0.05, 0.1) is 19.5 Å². The van der Waals surface area contributed by atoms with E-state index < -0.39 is 5.97 Å². The van der Waals surface area contributed by atoms with Crippen LogP contribution in [0.15, 0.2) is 48.5 Å². The summed E-state index contributed by atoms with van der Waals surface area (Å²) >= 11 is 1.23. The normalized spacial score (nSPS) is 11.6. The molecule has 1 atom stereocenters. The van der Waals surface area contributed by atoms with Gasteiger partial charge in [0.2, 0.25) is 0 Å². The first kappa shape index (κ1) is 19.8.